The SMILES string of the molecule is Cc1cc(C(/C=C/c2ccc(C=O)c(Br)c2)C(F)(F)F)cc(C)c1C. The van der Waals surface area contributed by atoms with Gasteiger partial charge in [-0.3, -0.25) is 4.79 Å². The minimum atomic E-state index is -4.38. The Morgan fingerprint density at radius 2 is 1.64 bits per heavy atom. The lowest BCUT2D eigenvalue weighted by atomic mass is 9.91. The topological polar surface area (TPSA) is 17.1 Å². The van der Waals surface area contributed by atoms with E-state index in [1.54, 1.807) is 30.3 Å². The number of allylic oxidation sites excluding steroid dienone is 1. The average molecular weight is 411 g/mol. The highest BCUT2D eigenvalue weighted by atomic mass is 79.9. The first-order valence-corrected chi connectivity index (χ1v) is 8.50. The molecule has 1 atom stereocenters. The lowest BCUT2D eigenvalue weighted by Crippen LogP contribution is -2.19. The molecule has 0 aliphatic heterocycles. The molecule has 0 aromatic heterocycles. The molecule has 0 radical (unpaired) electrons. The van der Waals surface area contributed by atoms with E-state index in [1.165, 1.54) is 6.08 Å². The van der Waals surface area contributed by atoms with Crippen LogP contribution >= 0.6 is 15.9 Å². The maximum absolute atomic E-state index is 13.6. The Kier molecular flexibility index (Phi) is 5.88. The van der Waals surface area contributed by atoms with E-state index in [0.717, 1.165) is 22.8 Å². The molecule has 0 amide bonds. The Hall–Kier alpha value is -1.88. The zero-order chi connectivity index (χ0) is 18.8. The fourth-order valence-corrected chi connectivity index (χ4v) is 3.10. The number of halogens is 4. The first-order chi connectivity index (χ1) is 11.6. The Bertz CT molecular complexity index is 799. The number of aldehydes is 1. The molecular formula is C20H18BrF3O. The van der Waals surface area contributed by atoms with Crippen LogP contribution in [0.25, 0.3) is 6.08 Å². The minimum absolute atomic E-state index is 0.230. The largest absolute Gasteiger partial charge is 0.399 e. The maximum atomic E-state index is 13.6. The number of carbonyl (C=O) groups is 1. The van der Waals surface area contributed by atoms with E-state index >= 15 is 0 Å². The number of hydrogen-bond donors (Lipinski definition) is 0. The molecule has 0 saturated heterocycles. The lowest BCUT2D eigenvalue weighted by Gasteiger charge is -2.19. The monoisotopic (exact) mass is 410 g/mol. The molecule has 0 heterocycles. The van der Waals surface area contributed by atoms with Gasteiger partial charge in [-0.05, 0) is 60.7 Å². The summed E-state index contributed by atoms with van der Waals surface area (Å²) in [6.45, 7) is 5.54. The molecule has 0 saturated carbocycles. The number of alkyl halides is 3. The fourth-order valence-electron chi connectivity index (χ4n) is 2.61. The predicted octanol–water partition coefficient (Wildman–Crippen LogP) is 6.55. The quantitative estimate of drug-likeness (QED) is 0.522. The van der Waals surface area contributed by atoms with Crippen molar-refractivity contribution in [2.24, 2.45) is 0 Å². The Balaban J connectivity index is 2.43. The zero-order valence-corrected chi connectivity index (χ0v) is 15.7. The summed E-state index contributed by atoms with van der Waals surface area (Å²) >= 11 is 3.24. The summed E-state index contributed by atoms with van der Waals surface area (Å²) in [6, 6.07) is 8.00. The molecule has 132 valence electrons. The maximum Gasteiger partial charge on any atom is 0.399 e. The first-order valence-electron chi connectivity index (χ1n) is 7.71. The molecule has 0 aliphatic carbocycles. The first kappa shape index (κ1) is 19.4. The summed E-state index contributed by atoms with van der Waals surface area (Å²) in [5, 5.41) is 0. The van der Waals surface area contributed by atoms with Gasteiger partial charge in [-0.15, -0.1) is 0 Å². The highest BCUT2D eigenvalue weighted by molar-refractivity contribution is 9.10. The van der Waals surface area contributed by atoms with Gasteiger partial charge in [0.05, 0.1) is 5.92 Å². The second-order valence-electron chi connectivity index (χ2n) is 6.06. The van der Waals surface area contributed by atoms with Crippen LogP contribution in [0.15, 0.2) is 40.9 Å². The molecule has 1 nitrogen and oxygen atoms in total. The number of benzene rings is 2. The molecular weight excluding hydrogens is 393 g/mol. The van der Waals surface area contributed by atoms with Crippen LogP contribution in [0, 0.1) is 20.8 Å². The van der Waals surface area contributed by atoms with Gasteiger partial charge < -0.3 is 0 Å². The van der Waals surface area contributed by atoms with Gasteiger partial charge in [-0.1, -0.05) is 46.3 Å². The summed E-state index contributed by atoms with van der Waals surface area (Å²) in [5.74, 6) is -1.69. The van der Waals surface area contributed by atoms with E-state index in [1.807, 2.05) is 20.8 Å². The van der Waals surface area contributed by atoms with Crippen molar-refractivity contribution in [2.45, 2.75) is 32.9 Å². The van der Waals surface area contributed by atoms with Crippen molar-refractivity contribution >= 4 is 28.3 Å². The third kappa shape index (κ3) is 4.60. The van der Waals surface area contributed by atoms with Crippen molar-refractivity contribution in [1.82, 2.24) is 0 Å². The normalized spacial score (nSPS) is 13.2. The van der Waals surface area contributed by atoms with Crippen LogP contribution in [-0.2, 0) is 0 Å². The average Bonchev–Trinajstić information content (AvgIpc) is 2.51. The van der Waals surface area contributed by atoms with Crippen LogP contribution in [-0.4, -0.2) is 12.5 Å². The minimum Gasteiger partial charge on any atom is -0.298 e. The predicted molar refractivity (Wildman–Crippen MR) is 98.0 cm³/mol. The van der Waals surface area contributed by atoms with Gasteiger partial charge in [0.2, 0.25) is 0 Å². The molecule has 5 heteroatoms. The molecule has 2 aromatic carbocycles. The zero-order valence-electron chi connectivity index (χ0n) is 14.1. The summed E-state index contributed by atoms with van der Waals surface area (Å²) in [4.78, 5) is 10.8. The molecule has 2 aromatic rings. The van der Waals surface area contributed by atoms with Crippen molar-refractivity contribution in [3.63, 3.8) is 0 Å². The lowest BCUT2D eigenvalue weighted by molar-refractivity contribution is -0.139. The second-order valence-corrected chi connectivity index (χ2v) is 6.91. The molecule has 25 heavy (non-hydrogen) atoms. The van der Waals surface area contributed by atoms with Crippen LogP contribution in [0.5, 0.6) is 0 Å². The number of carbonyl (C=O) groups excluding carboxylic acids is 1. The smallest absolute Gasteiger partial charge is 0.298 e. The number of hydrogen-bond acceptors (Lipinski definition) is 1. The van der Waals surface area contributed by atoms with Crippen molar-refractivity contribution in [1.29, 1.82) is 0 Å². The van der Waals surface area contributed by atoms with Crippen molar-refractivity contribution in [3.8, 4) is 0 Å². The standard InChI is InChI=1S/C20H18BrF3O/c1-12-8-17(9-13(2)14(12)3)18(20(22,23)24)7-5-15-4-6-16(11-25)19(21)10-15/h4-11,18H,1-3H3/b7-5+. The summed E-state index contributed by atoms with van der Waals surface area (Å²) in [7, 11) is 0. The molecule has 0 spiro atoms. The molecule has 0 fully saturated rings. The van der Waals surface area contributed by atoms with Crippen LogP contribution in [0.4, 0.5) is 13.2 Å². The Morgan fingerprint density at radius 3 is 2.12 bits per heavy atom. The fraction of sp³-hybridized carbons (Fsp3) is 0.250. The van der Waals surface area contributed by atoms with Gasteiger partial charge in [0.15, 0.2) is 6.29 Å². The van der Waals surface area contributed by atoms with Crippen LogP contribution in [0.2, 0.25) is 0 Å². The van der Waals surface area contributed by atoms with E-state index in [2.05, 4.69) is 15.9 Å². The van der Waals surface area contributed by atoms with Gasteiger partial charge in [-0.25, -0.2) is 0 Å². The molecule has 0 N–H and O–H groups in total. The van der Waals surface area contributed by atoms with Gasteiger partial charge in [-0.2, -0.15) is 13.2 Å². The molecule has 0 aliphatic rings. The van der Waals surface area contributed by atoms with E-state index < -0.39 is 12.1 Å². The second kappa shape index (κ2) is 7.56. The van der Waals surface area contributed by atoms with Crippen LogP contribution < -0.4 is 0 Å². The number of rotatable bonds is 4. The summed E-state index contributed by atoms with van der Waals surface area (Å²) in [6.07, 6.45) is -1.10. The van der Waals surface area contributed by atoms with Crippen LogP contribution in [0.1, 0.15) is 44.1 Å². The van der Waals surface area contributed by atoms with Crippen molar-refractivity contribution < 1.29 is 18.0 Å². The molecule has 1 unspecified atom stereocenters. The number of aryl methyl sites for hydroxylation is 2. The van der Waals surface area contributed by atoms with Gasteiger partial charge in [0, 0.05) is 10.0 Å². The highest BCUT2D eigenvalue weighted by Crippen LogP contribution is 2.37. The summed E-state index contributed by atoms with van der Waals surface area (Å²) < 4.78 is 41.2. The Morgan fingerprint density at radius 1 is 1.04 bits per heavy atom. The van der Waals surface area contributed by atoms with Crippen LogP contribution in [0.3, 0.4) is 0 Å². The van der Waals surface area contributed by atoms with E-state index in [0.29, 0.717) is 21.9 Å². The van der Waals surface area contributed by atoms with Gasteiger partial charge in [0.1, 0.15) is 0 Å². The molecule has 2 rings (SSSR count). The van der Waals surface area contributed by atoms with E-state index in [-0.39, 0.29) is 5.56 Å². The third-order valence-corrected chi connectivity index (χ3v) is 4.98. The molecule has 0 bridgehead atoms. The van der Waals surface area contributed by atoms with Gasteiger partial charge >= 0.3 is 6.18 Å². The Labute approximate surface area is 153 Å². The van der Waals surface area contributed by atoms with Gasteiger partial charge in [0.25, 0.3) is 0 Å². The van der Waals surface area contributed by atoms with Crippen molar-refractivity contribution in [3.05, 3.63) is 74.3 Å². The summed E-state index contributed by atoms with van der Waals surface area (Å²) in [5.41, 5.74) is 3.96. The van der Waals surface area contributed by atoms with E-state index in [9.17, 15) is 18.0 Å². The highest BCUT2D eigenvalue weighted by Gasteiger charge is 2.39. The van der Waals surface area contributed by atoms with E-state index in [4.69, 9.17) is 0 Å². The third-order valence-electron chi connectivity index (χ3n) is 4.29. The van der Waals surface area contributed by atoms with Crippen molar-refractivity contribution in [2.75, 3.05) is 0 Å².